The van der Waals surface area contributed by atoms with Crippen molar-refractivity contribution < 1.29 is 23.8 Å². The number of benzene rings is 3. The maximum atomic E-state index is 14.1. The number of rotatable bonds is 5. The number of carbonyl (C=O) groups is 2. The topological polar surface area (TPSA) is 65.1 Å². The van der Waals surface area contributed by atoms with E-state index in [9.17, 15) is 9.59 Å². The summed E-state index contributed by atoms with van der Waals surface area (Å²) in [5.41, 5.74) is 4.61. The normalized spacial score (nSPS) is 27.3. The van der Waals surface area contributed by atoms with E-state index in [1.807, 2.05) is 29.2 Å². The summed E-state index contributed by atoms with van der Waals surface area (Å²) in [7, 11) is 3.06. The number of amides is 1. The highest BCUT2D eigenvalue weighted by molar-refractivity contribution is 6.19. The first-order chi connectivity index (χ1) is 19.5. The zero-order chi connectivity index (χ0) is 27.6. The van der Waals surface area contributed by atoms with Crippen molar-refractivity contribution in [2.24, 2.45) is 11.3 Å². The molecule has 3 aliphatic carbocycles. The largest absolute Gasteiger partial charge is 0.496 e. The molecule has 5 aliphatic rings. The quantitative estimate of drug-likeness (QED) is 0.335. The number of nitrogens with zero attached hydrogens (tertiary/aromatic N) is 1. The summed E-state index contributed by atoms with van der Waals surface area (Å²) >= 11 is 0. The van der Waals surface area contributed by atoms with E-state index in [1.165, 1.54) is 29.4 Å². The maximum Gasteiger partial charge on any atom is 0.314 e. The molecule has 1 saturated heterocycles. The number of methoxy groups -OCH3 is 2. The molecule has 0 spiro atoms. The van der Waals surface area contributed by atoms with Crippen LogP contribution in [-0.2, 0) is 26.2 Å². The summed E-state index contributed by atoms with van der Waals surface area (Å²) in [5, 5.41) is 0. The molecular formula is C34H33NO5. The minimum absolute atomic E-state index is 0.0295. The second kappa shape index (κ2) is 8.98. The Morgan fingerprint density at radius 1 is 1.05 bits per heavy atom. The van der Waals surface area contributed by atoms with E-state index >= 15 is 0 Å². The van der Waals surface area contributed by atoms with Gasteiger partial charge in [0.1, 0.15) is 11.5 Å². The van der Waals surface area contributed by atoms with Crippen LogP contribution in [0.25, 0.3) is 5.57 Å². The number of para-hydroxylation sites is 1. The van der Waals surface area contributed by atoms with Crippen LogP contribution in [0.5, 0.6) is 11.5 Å². The van der Waals surface area contributed by atoms with E-state index < -0.39 is 10.8 Å². The Hall–Kier alpha value is -4.06. The van der Waals surface area contributed by atoms with E-state index in [-0.39, 0.29) is 23.7 Å². The number of carbonyl (C=O) groups excluding carboxylic acids is 2. The molecule has 204 valence electrons. The Bertz CT molecular complexity index is 1560. The number of ether oxygens (including phenoxy) is 3. The first kappa shape index (κ1) is 24.9. The lowest BCUT2D eigenvalue weighted by atomic mass is 9.42. The zero-order valence-electron chi connectivity index (χ0n) is 22.9. The molecule has 2 bridgehead atoms. The van der Waals surface area contributed by atoms with E-state index in [4.69, 9.17) is 14.2 Å². The van der Waals surface area contributed by atoms with Gasteiger partial charge in [-0.15, -0.1) is 0 Å². The first-order valence-electron chi connectivity index (χ1n) is 14.0. The third kappa shape index (κ3) is 3.16. The summed E-state index contributed by atoms with van der Waals surface area (Å²) in [6, 6.07) is 22.5. The average molecular weight is 536 g/mol. The second-order valence-electron chi connectivity index (χ2n) is 11.5. The van der Waals surface area contributed by atoms with Gasteiger partial charge in [0.15, 0.2) is 0 Å². The summed E-state index contributed by atoms with van der Waals surface area (Å²) in [5.74, 6) is 0.957. The van der Waals surface area contributed by atoms with E-state index in [1.54, 1.807) is 7.11 Å². The Morgan fingerprint density at radius 3 is 2.67 bits per heavy atom. The van der Waals surface area contributed by atoms with Gasteiger partial charge < -0.3 is 19.1 Å². The Balaban J connectivity index is 1.39. The molecule has 1 saturated carbocycles. The molecular weight excluding hydrogens is 502 g/mol. The minimum Gasteiger partial charge on any atom is -0.496 e. The van der Waals surface area contributed by atoms with Crippen LogP contribution in [0.1, 0.15) is 46.6 Å². The van der Waals surface area contributed by atoms with E-state index in [0.29, 0.717) is 36.6 Å². The molecule has 4 unspecified atom stereocenters. The van der Waals surface area contributed by atoms with Crippen LogP contribution in [0.2, 0.25) is 0 Å². The van der Waals surface area contributed by atoms with Crippen molar-refractivity contribution in [1.29, 1.82) is 0 Å². The predicted octanol–water partition coefficient (Wildman–Crippen LogP) is 5.14. The van der Waals surface area contributed by atoms with Gasteiger partial charge in [-0.25, -0.2) is 0 Å². The highest BCUT2D eigenvalue weighted by Gasteiger charge is 2.71. The number of hydrogen-bond acceptors (Lipinski definition) is 5. The van der Waals surface area contributed by atoms with E-state index in [2.05, 4.69) is 49.0 Å². The maximum absolute atomic E-state index is 14.1. The number of likely N-dealkylation sites (tertiary alicyclic amines) is 1. The van der Waals surface area contributed by atoms with Crippen molar-refractivity contribution in [3.63, 3.8) is 0 Å². The molecule has 2 heterocycles. The van der Waals surface area contributed by atoms with Gasteiger partial charge in [-0.2, -0.15) is 0 Å². The van der Waals surface area contributed by atoms with Crippen molar-refractivity contribution in [1.82, 2.24) is 4.90 Å². The fraction of sp³-hybridized carbons (Fsp3) is 0.353. The molecule has 40 heavy (non-hydrogen) atoms. The number of hydrogen-bond donors (Lipinski definition) is 0. The van der Waals surface area contributed by atoms with Crippen LogP contribution in [0, 0.1) is 11.3 Å². The van der Waals surface area contributed by atoms with Gasteiger partial charge in [0.2, 0.25) is 0 Å². The second-order valence-corrected chi connectivity index (χ2v) is 11.5. The van der Waals surface area contributed by atoms with Gasteiger partial charge in [-0.3, -0.25) is 9.59 Å². The lowest BCUT2D eigenvalue weighted by Gasteiger charge is -2.59. The Morgan fingerprint density at radius 2 is 1.85 bits per heavy atom. The molecule has 1 amide bonds. The molecule has 2 fully saturated rings. The van der Waals surface area contributed by atoms with Gasteiger partial charge in [0.25, 0.3) is 5.91 Å². The molecule has 6 heteroatoms. The highest BCUT2D eigenvalue weighted by atomic mass is 16.5. The summed E-state index contributed by atoms with van der Waals surface area (Å²) in [6.07, 6.45) is 2.64. The monoisotopic (exact) mass is 535 g/mol. The van der Waals surface area contributed by atoms with E-state index in [0.717, 1.165) is 25.0 Å². The van der Waals surface area contributed by atoms with Gasteiger partial charge >= 0.3 is 5.97 Å². The molecule has 6 nitrogen and oxygen atoms in total. The van der Waals surface area contributed by atoms with Crippen LogP contribution in [0.3, 0.4) is 0 Å². The van der Waals surface area contributed by atoms with Crippen molar-refractivity contribution in [2.75, 3.05) is 33.9 Å². The SMILES string of the molecule is C=C(C(=O)N1CC2C3(c4ccc5c(c4)CCO5)CCC(c4ccccc43)C2(C(=O)OC)C1)c1ccccc1OC. The van der Waals surface area contributed by atoms with Gasteiger partial charge in [0.05, 0.1) is 26.2 Å². The molecule has 4 atom stereocenters. The van der Waals surface area contributed by atoms with Gasteiger partial charge in [-0.05, 0) is 47.2 Å². The molecule has 3 aromatic carbocycles. The van der Waals surface area contributed by atoms with Crippen LogP contribution in [0.4, 0.5) is 0 Å². The fourth-order valence-corrected chi connectivity index (χ4v) is 8.45. The van der Waals surface area contributed by atoms with Crippen LogP contribution >= 0.6 is 0 Å². The smallest absolute Gasteiger partial charge is 0.314 e. The van der Waals surface area contributed by atoms with Crippen molar-refractivity contribution >= 4 is 17.4 Å². The van der Waals surface area contributed by atoms with Crippen molar-refractivity contribution in [3.8, 4) is 11.5 Å². The number of esters is 1. The lowest BCUT2D eigenvalue weighted by molar-refractivity contribution is -0.161. The summed E-state index contributed by atoms with van der Waals surface area (Å²) < 4.78 is 17.0. The number of fused-ring (bicyclic) bond motifs is 2. The summed E-state index contributed by atoms with van der Waals surface area (Å²) in [6.45, 7) is 5.62. The van der Waals surface area contributed by atoms with Crippen LogP contribution in [0.15, 0.2) is 73.3 Å². The molecule has 0 N–H and O–H groups in total. The van der Waals surface area contributed by atoms with Gasteiger partial charge in [0, 0.05) is 47.9 Å². The first-order valence-corrected chi connectivity index (χ1v) is 14.0. The summed E-state index contributed by atoms with van der Waals surface area (Å²) in [4.78, 5) is 30.0. The van der Waals surface area contributed by atoms with Crippen molar-refractivity contribution in [2.45, 2.75) is 30.6 Å². The molecule has 8 rings (SSSR count). The Kier molecular flexibility index (Phi) is 5.60. The zero-order valence-corrected chi connectivity index (χ0v) is 22.9. The predicted molar refractivity (Wildman–Crippen MR) is 151 cm³/mol. The van der Waals surface area contributed by atoms with Crippen LogP contribution < -0.4 is 9.47 Å². The fourth-order valence-electron chi connectivity index (χ4n) is 8.45. The van der Waals surface area contributed by atoms with Crippen LogP contribution in [-0.4, -0.2) is 50.7 Å². The Labute approximate surface area is 234 Å². The lowest BCUT2D eigenvalue weighted by Crippen LogP contribution is -2.60. The van der Waals surface area contributed by atoms with Gasteiger partial charge in [-0.1, -0.05) is 61.2 Å². The molecule has 0 radical (unpaired) electrons. The standard InChI is InChI=1S/C34H33NO5/c1-21(24-8-5-7-11-29(24)38-2)31(36)35-19-30-33(23-12-13-28-22(18-23)15-17-40-28)16-14-27(25-9-4-6-10-26(25)33)34(30,20-35)32(37)39-3/h4-13,18,27,30H,1,14-17,19-20H2,2-3H3. The average Bonchev–Trinajstić information content (AvgIpc) is 3.66. The molecule has 0 aromatic heterocycles. The third-order valence-electron chi connectivity index (χ3n) is 10.1. The molecule has 3 aromatic rings. The third-order valence-corrected chi connectivity index (χ3v) is 10.1. The molecule has 2 aliphatic heterocycles. The highest BCUT2D eigenvalue weighted by Crippen LogP contribution is 2.69. The minimum atomic E-state index is -0.854. The van der Waals surface area contributed by atoms with Crippen molar-refractivity contribution in [3.05, 3.63) is 101 Å².